The molecular formula is C23H34BrNO4. The number of benzene rings is 1. The molecule has 162 valence electrons. The molecule has 1 amide bonds. The van der Waals surface area contributed by atoms with E-state index in [9.17, 15) is 4.79 Å². The quantitative estimate of drug-likeness (QED) is 0.607. The normalized spacial score (nSPS) is 31.7. The maximum absolute atomic E-state index is 12.6. The molecule has 1 heterocycles. The van der Waals surface area contributed by atoms with Crippen LogP contribution >= 0.6 is 15.9 Å². The summed E-state index contributed by atoms with van der Waals surface area (Å²) in [5, 5.41) is 3.39. The van der Waals surface area contributed by atoms with Crippen molar-refractivity contribution in [1.29, 1.82) is 0 Å². The van der Waals surface area contributed by atoms with Crippen LogP contribution < -0.4 is 14.8 Å². The molecule has 1 aromatic carbocycles. The number of halogens is 1. The molecule has 1 N–H and O–H groups in total. The highest BCUT2D eigenvalue weighted by atomic mass is 79.9. The summed E-state index contributed by atoms with van der Waals surface area (Å²) < 4.78 is 18.8. The Labute approximate surface area is 183 Å². The number of nitrogens with one attached hydrogen (secondary N) is 1. The molecule has 6 heteroatoms. The van der Waals surface area contributed by atoms with Crippen molar-refractivity contribution in [2.45, 2.75) is 77.0 Å². The van der Waals surface area contributed by atoms with E-state index in [0.717, 1.165) is 29.3 Å². The lowest BCUT2D eigenvalue weighted by atomic mass is 9.66. The molecule has 0 aromatic heterocycles. The summed E-state index contributed by atoms with van der Waals surface area (Å²) in [5.41, 5.74) is 0.659. The van der Waals surface area contributed by atoms with Crippen LogP contribution in [0.15, 0.2) is 16.6 Å². The third-order valence-electron chi connectivity index (χ3n) is 6.54. The maximum Gasteiger partial charge on any atom is 0.220 e. The van der Waals surface area contributed by atoms with Gasteiger partial charge >= 0.3 is 0 Å². The molecule has 1 aromatic rings. The van der Waals surface area contributed by atoms with Crippen LogP contribution in [0.25, 0.3) is 0 Å². The molecular weight excluding hydrogens is 434 g/mol. The van der Waals surface area contributed by atoms with E-state index in [2.05, 4.69) is 35.1 Å². The molecule has 3 rings (SSSR count). The fraction of sp³-hybridized carbons (Fsp3) is 0.696. The number of hydrogen-bond acceptors (Lipinski definition) is 4. The number of methoxy groups -OCH3 is 2. The van der Waals surface area contributed by atoms with Gasteiger partial charge in [0.15, 0.2) is 11.5 Å². The summed E-state index contributed by atoms with van der Waals surface area (Å²) in [6.45, 7) is 6.53. The van der Waals surface area contributed by atoms with E-state index >= 15 is 0 Å². The Hall–Kier alpha value is -1.27. The number of carbonyl (C=O) groups excluding carboxylic acids is 1. The first-order valence-corrected chi connectivity index (χ1v) is 11.5. The van der Waals surface area contributed by atoms with Gasteiger partial charge in [-0.05, 0) is 44.2 Å². The molecule has 0 unspecified atom stereocenters. The fourth-order valence-corrected chi connectivity index (χ4v) is 5.59. The molecule has 0 spiro atoms. The molecule has 2 aliphatic rings. The highest BCUT2D eigenvalue weighted by molar-refractivity contribution is 9.10. The minimum absolute atomic E-state index is 0.124. The standard InChI is InChI=1S/C23H34BrNO4/c1-6-7-21(26)25-23(3)13-20(29-18-10-14(2)8-9-17(18)23)16-11-15(24)12-19(27-4)22(16)28-5/h11-12,14,17-18,20H,6-10,13H2,1-5H3,(H,25,26)/t14-,17-,18-,20-,23-/m0/s1. The Balaban J connectivity index is 1.98. The smallest absolute Gasteiger partial charge is 0.220 e. The van der Waals surface area contributed by atoms with E-state index in [1.54, 1.807) is 14.2 Å². The van der Waals surface area contributed by atoms with Gasteiger partial charge in [-0.25, -0.2) is 0 Å². The van der Waals surface area contributed by atoms with Crippen molar-refractivity contribution in [3.63, 3.8) is 0 Å². The third-order valence-corrected chi connectivity index (χ3v) is 7.00. The van der Waals surface area contributed by atoms with Crippen LogP contribution in [0.2, 0.25) is 0 Å². The first kappa shape index (κ1) is 22.4. The lowest BCUT2D eigenvalue weighted by Crippen LogP contribution is -2.60. The van der Waals surface area contributed by atoms with Gasteiger partial charge in [-0.15, -0.1) is 0 Å². The van der Waals surface area contributed by atoms with E-state index in [1.807, 2.05) is 19.1 Å². The van der Waals surface area contributed by atoms with Crippen molar-refractivity contribution in [3.8, 4) is 11.5 Å². The van der Waals surface area contributed by atoms with Gasteiger partial charge in [0.25, 0.3) is 0 Å². The van der Waals surface area contributed by atoms with E-state index in [1.165, 1.54) is 6.42 Å². The van der Waals surface area contributed by atoms with E-state index in [-0.39, 0.29) is 23.7 Å². The number of amides is 1. The Bertz CT molecular complexity index is 740. The average Bonchev–Trinajstić information content (AvgIpc) is 2.66. The molecule has 0 radical (unpaired) electrons. The molecule has 5 atom stereocenters. The summed E-state index contributed by atoms with van der Waals surface area (Å²) in [6, 6.07) is 3.95. The summed E-state index contributed by atoms with van der Waals surface area (Å²) >= 11 is 3.59. The predicted molar refractivity (Wildman–Crippen MR) is 117 cm³/mol. The molecule has 5 nitrogen and oxygen atoms in total. The zero-order chi connectivity index (χ0) is 21.2. The van der Waals surface area contributed by atoms with Crippen molar-refractivity contribution in [2.75, 3.05) is 14.2 Å². The van der Waals surface area contributed by atoms with Crippen LogP contribution in [0, 0.1) is 11.8 Å². The van der Waals surface area contributed by atoms with Crippen LogP contribution in [0.3, 0.4) is 0 Å². The minimum Gasteiger partial charge on any atom is -0.493 e. The Morgan fingerprint density at radius 3 is 2.72 bits per heavy atom. The lowest BCUT2D eigenvalue weighted by Gasteiger charge is -2.52. The second-order valence-electron chi connectivity index (χ2n) is 8.84. The number of ether oxygens (including phenoxy) is 3. The molecule has 1 saturated carbocycles. The minimum atomic E-state index is -0.305. The zero-order valence-corrected chi connectivity index (χ0v) is 19.8. The molecule has 0 bridgehead atoms. The maximum atomic E-state index is 12.6. The van der Waals surface area contributed by atoms with Crippen LogP contribution in [-0.2, 0) is 9.53 Å². The average molecular weight is 468 g/mol. The second-order valence-corrected chi connectivity index (χ2v) is 9.75. The summed E-state index contributed by atoms with van der Waals surface area (Å²) in [7, 11) is 3.30. The van der Waals surface area contributed by atoms with E-state index < -0.39 is 0 Å². The summed E-state index contributed by atoms with van der Waals surface area (Å²) in [5.74, 6) is 2.47. The first-order valence-electron chi connectivity index (χ1n) is 10.7. The van der Waals surface area contributed by atoms with Crippen LogP contribution in [0.5, 0.6) is 11.5 Å². The Morgan fingerprint density at radius 1 is 1.31 bits per heavy atom. The van der Waals surface area contributed by atoms with Crippen LogP contribution in [0.4, 0.5) is 0 Å². The van der Waals surface area contributed by atoms with Gasteiger partial charge < -0.3 is 19.5 Å². The number of hydrogen-bond donors (Lipinski definition) is 1. The highest BCUT2D eigenvalue weighted by Crippen LogP contribution is 2.50. The van der Waals surface area contributed by atoms with Crippen LogP contribution in [-0.4, -0.2) is 31.8 Å². The fourth-order valence-electron chi connectivity index (χ4n) is 5.14. The Kier molecular flexibility index (Phi) is 7.15. The van der Waals surface area contributed by atoms with Gasteiger partial charge in [0, 0.05) is 34.3 Å². The van der Waals surface area contributed by atoms with Crippen molar-refractivity contribution in [1.82, 2.24) is 5.32 Å². The number of fused-ring (bicyclic) bond motifs is 1. The monoisotopic (exact) mass is 467 g/mol. The van der Waals surface area contributed by atoms with Gasteiger partial charge in [0.2, 0.25) is 5.91 Å². The van der Waals surface area contributed by atoms with Crippen molar-refractivity contribution in [3.05, 3.63) is 22.2 Å². The van der Waals surface area contributed by atoms with Crippen LogP contribution in [0.1, 0.15) is 71.0 Å². The molecule has 1 aliphatic carbocycles. The summed E-state index contributed by atoms with van der Waals surface area (Å²) in [4.78, 5) is 12.6. The second kappa shape index (κ2) is 9.25. The van der Waals surface area contributed by atoms with Crippen molar-refractivity contribution >= 4 is 21.8 Å². The number of rotatable bonds is 6. The van der Waals surface area contributed by atoms with Gasteiger partial charge in [0.1, 0.15) is 0 Å². The van der Waals surface area contributed by atoms with Gasteiger partial charge in [-0.2, -0.15) is 0 Å². The molecule has 1 aliphatic heterocycles. The molecule has 2 fully saturated rings. The lowest BCUT2D eigenvalue weighted by molar-refractivity contribution is -0.154. The van der Waals surface area contributed by atoms with Gasteiger partial charge in [-0.1, -0.05) is 36.2 Å². The van der Waals surface area contributed by atoms with E-state index in [0.29, 0.717) is 36.2 Å². The number of carbonyl (C=O) groups is 1. The zero-order valence-electron chi connectivity index (χ0n) is 18.2. The van der Waals surface area contributed by atoms with Crippen molar-refractivity contribution in [2.24, 2.45) is 11.8 Å². The Morgan fingerprint density at radius 2 is 2.07 bits per heavy atom. The SMILES string of the molecule is CCCC(=O)N[C@@]1(C)C[C@@H](c2cc(Br)cc(OC)c2OC)O[C@H]2C[C@@H](C)CC[C@@H]21. The van der Waals surface area contributed by atoms with Crippen molar-refractivity contribution < 1.29 is 19.0 Å². The third kappa shape index (κ3) is 4.74. The van der Waals surface area contributed by atoms with Gasteiger partial charge in [0.05, 0.1) is 26.4 Å². The highest BCUT2D eigenvalue weighted by Gasteiger charge is 2.50. The topological polar surface area (TPSA) is 56.8 Å². The van der Waals surface area contributed by atoms with E-state index in [4.69, 9.17) is 14.2 Å². The summed E-state index contributed by atoms with van der Waals surface area (Å²) in [6.07, 6.45) is 5.37. The molecule has 29 heavy (non-hydrogen) atoms. The predicted octanol–water partition coefficient (Wildman–Crippen LogP) is 5.41. The van der Waals surface area contributed by atoms with Gasteiger partial charge in [-0.3, -0.25) is 4.79 Å². The largest absolute Gasteiger partial charge is 0.493 e. The molecule has 1 saturated heterocycles. The first-order chi connectivity index (χ1) is 13.8.